The zero-order chi connectivity index (χ0) is 18.4. The fourth-order valence-corrected chi connectivity index (χ4v) is 3.65. The number of hydrogen-bond donors (Lipinski definition) is 0. The van der Waals surface area contributed by atoms with Crippen molar-refractivity contribution in [1.29, 1.82) is 0 Å². The van der Waals surface area contributed by atoms with Gasteiger partial charge in [0.05, 0.1) is 18.0 Å². The number of rotatable bonds is 8. The fourth-order valence-electron chi connectivity index (χ4n) is 2.96. The van der Waals surface area contributed by atoms with Crippen molar-refractivity contribution < 1.29 is 9.53 Å². The van der Waals surface area contributed by atoms with Gasteiger partial charge in [-0.3, -0.25) is 4.79 Å². The van der Waals surface area contributed by atoms with Crippen LogP contribution >= 0.6 is 11.3 Å². The number of amides is 1. The molecular weight excluding hydrogens is 344 g/mol. The van der Waals surface area contributed by atoms with Gasteiger partial charge in [0.15, 0.2) is 0 Å². The highest BCUT2D eigenvalue weighted by Crippen LogP contribution is 2.16. The molecule has 0 saturated carbocycles. The lowest BCUT2D eigenvalue weighted by Gasteiger charge is -2.23. The molecule has 0 bridgehead atoms. The normalized spacial score (nSPS) is 10.8. The Hall–Kier alpha value is -2.37. The average Bonchev–Trinajstić information content (AvgIpc) is 3.30. The van der Waals surface area contributed by atoms with Gasteiger partial charge in [-0.25, -0.2) is 0 Å². The Morgan fingerprint density at radius 2 is 2.08 bits per heavy atom. The summed E-state index contributed by atoms with van der Waals surface area (Å²) in [6, 6.07) is 16.4. The largest absolute Gasteiger partial charge is 0.383 e. The predicted octanol–water partition coefficient (Wildman–Crippen LogP) is 4.20. The maximum atomic E-state index is 12.8. The fraction of sp³-hybridized carbons (Fsp3) is 0.286. The summed E-state index contributed by atoms with van der Waals surface area (Å²) in [6.07, 6.45) is 2.07. The predicted molar refractivity (Wildman–Crippen MR) is 106 cm³/mol. The molecule has 2 aromatic heterocycles. The highest BCUT2D eigenvalue weighted by molar-refractivity contribution is 7.12. The molecule has 0 aliphatic heterocycles. The summed E-state index contributed by atoms with van der Waals surface area (Å²) >= 11 is 1.48. The molecule has 1 aromatic carbocycles. The topological polar surface area (TPSA) is 34.5 Å². The van der Waals surface area contributed by atoms with Gasteiger partial charge in [-0.15, -0.1) is 11.3 Å². The smallest absolute Gasteiger partial charge is 0.264 e. The third-order valence-electron chi connectivity index (χ3n) is 4.30. The van der Waals surface area contributed by atoms with Gasteiger partial charge >= 0.3 is 0 Å². The second kappa shape index (κ2) is 8.83. The van der Waals surface area contributed by atoms with Gasteiger partial charge < -0.3 is 14.2 Å². The van der Waals surface area contributed by atoms with E-state index in [2.05, 4.69) is 48.0 Å². The van der Waals surface area contributed by atoms with Crippen LogP contribution in [0.1, 0.15) is 26.5 Å². The second-order valence-corrected chi connectivity index (χ2v) is 7.26. The van der Waals surface area contributed by atoms with Crippen molar-refractivity contribution in [3.05, 3.63) is 81.8 Å². The van der Waals surface area contributed by atoms with Gasteiger partial charge in [-0.1, -0.05) is 35.9 Å². The van der Waals surface area contributed by atoms with Gasteiger partial charge in [0.25, 0.3) is 5.91 Å². The molecule has 0 atom stereocenters. The van der Waals surface area contributed by atoms with Gasteiger partial charge in [-0.2, -0.15) is 0 Å². The molecule has 3 aromatic rings. The summed E-state index contributed by atoms with van der Waals surface area (Å²) in [5.74, 6) is 0.0559. The van der Waals surface area contributed by atoms with E-state index in [4.69, 9.17) is 4.74 Å². The number of aromatic nitrogens is 1. The second-order valence-electron chi connectivity index (χ2n) is 6.31. The molecule has 136 valence electrons. The molecule has 0 saturated heterocycles. The number of aryl methyl sites for hydroxylation is 1. The number of benzene rings is 1. The Morgan fingerprint density at radius 1 is 1.19 bits per heavy atom. The Labute approximate surface area is 158 Å². The van der Waals surface area contributed by atoms with Crippen LogP contribution in [0.4, 0.5) is 0 Å². The van der Waals surface area contributed by atoms with Crippen molar-refractivity contribution in [3.63, 3.8) is 0 Å². The maximum Gasteiger partial charge on any atom is 0.264 e. The van der Waals surface area contributed by atoms with E-state index in [1.165, 1.54) is 22.5 Å². The van der Waals surface area contributed by atoms with Crippen molar-refractivity contribution in [3.8, 4) is 0 Å². The molecule has 0 unspecified atom stereocenters. The SMILES string of the molecule is COCCN(Cc1cccn1Cc1cccc(C)c1)C(=O)c1cccs1. The summed E-state index contributed by atoms with van der Waals surface area (Å²) in [4.78, 5) is 15.4. The molecule has 5 heteroatoms. The van der Waals surface area contributed by atoms with Crippen LogP contribution in [0.5, 0.6) is 0 Å². The molecule has 26 heavy (non-hydrogen) atoms. The minimum absolute atomic E-state index is 0.0559. The summed E-state index contributed by atoms with van der Waals surface area (Å²) < 4.78 is 7.41. The van der Waals surface area contributed by atoms with E-state index < -0.39 is 0 Å². The third-order valence-corrected chi connectivity index (χ3v) is 5.15. The Morgan fingerprint density at radius 3 is 2.81 bits per heavy atom. The van der Waals surface area contributed by atoms with E-state index in [1.54, 1.807) is 7.11 Å². The van der Waals surface area contributed by atoms with Crippen LogP contribution in [0.15, 0.2) is 60.1 Å². The van der Waals surface area contributed by atoms with E-state index in [1.807, 2.05) is 28.5 Å². The van der Waals surface area contributed by atoms with Crippen LogP contribution in [0.3, 0.4) is 0 Å². The molecule has 0 aliphatic carbocycles. The number of hydrogen-bond acceptors (Lipinski definition) is 3. The monoisotopic (exact) mass is 368 g/mol. The number of carbonyl (C=O) groups is 1. The number of carbonyl (C=O) groups excluding carboxylic acids is 1. The molecule has 0 fully saturated rings. The highest BCUT2D eigenvalue weighted by atomic mass is 32.1. The van der Waals surface area contributed by atoms with E-state index in [-0.39, 0.29) is 5.91 Å². The van der Waals surface area contributed by atoms with E-state index in [0.29, 0.717) is 19.7 Å². The van der Waals surface area contributed by atoms with Crippen LogP contribution < -0.4 is 0 Å². The lowest BCUT2D eigenvalue weighted by molar-refractivity contribution is 0.0681. The first-order chi connectivity index (χ1) is 12.7. The van der Waals surface area contributed by atoms with Crippen molar-refractivity contribution in [1.82, 2.24) is 9.47 Å². The Balaban J connectivity index is 1.77. The molecule has 0 radical (unpaired) electrons. The van der Waals surface area contributed by atoms with Crippen LogP contribution in [-0.4, -0.2) is 35.6 Å². The summed E-state index contributed by atoms with van der Waals surface area (Å²) in [5.41, 5.74) is 3.63. The zero-order valence-electron chi connectivity index (χ0n) is 15.2. The number of ether oxygens (including phenoxy) is 1. The van der Waals surface area contributed by atoms with Crippen LogP contribution in [0.25, 0.3) is 0 Å². The lowest BCUT2D eigenvalue weighted by atomic mass is 10.1. The maximum absolute atomic E-state index is 12.8. The zero-order valence-corrected chi connectivity index (χ0v) is 16.0. The van der Waals surface area contributed by atoms with Crippen LogP contribution in [0, 0.1) is 6.92 Å². The summed E-state index contributed by atoms with van der Waals surface area (Å²) in [7, 11) is 1.66. The molecule has 0 spiro atoms. The third kappa shape index (κ3) is 4.62. The van der Waals surface area contributed by atoms with Crippen molar-refractivity contribution in [2.24, 2.45) is 0 Å². The molecule has 3 rings (SSSR count). The minimum atomic E-state index is 0.0559. The van der Waals surface area contributed by atoms with Gasteiger partial charge in [-0.05, 0) is 36.1 Å². The average molecular weight is 369 g/mol. The quantitative estimate of drug-likeness (QED) is 0.597. The minimum Gasteiger partial charge on any atom is -0.383 e. The van der Waals surface area contributed by atoms with Crippen LogP contribution in [0.2, 0.25) is 0 Å². The summed E-state index contributed by atoms with van der Waals surface area (Å²) in [6.45, 7) is 4.57. The first kappa shape index (κ1) is 18.4. The highest BCUT2D eigenvalue weighted by Gasteiger charge is 2.18. The van der Waals surface area contributed by atoms with Gasteiger partial charge in [0.2, 0.25) is 0 Å². The first-order valence-corrected chi connectivity index (χ1v) is 9.56. The van der Waals surface area contributed by atoms with Crippen molar-refractivity contribution >= 4 is 17.2 Å². The van der Waals surface area contributed by atoms with E-state index >= 15 is 0 Å². The lowest BCUT2D eigenvalue weighted by Crippen LogP contribution is -2.33. The molecule has 1 amide bonds. The van der Waals surface area contributed by atoms with E-state index in [9.17, 15) is 4.79 Å². The molecule has 4 nitrogen and oxygen atoms in total. The van der Waals surface area contributed by atoms with Gasteiger partial charge in [0.1, 0.15) is 0 Å². The number of thiophene rings is 1. The molecule has 2 heterocycles. The molecule has 0 aliphatic rings. The van der Waals surface area contributed by atoms with E-state index in [0.717, 1.165) is 17.1 Å². The van der Waals surface area contributed by atoms with Crippen molar-refractivity contribution in [2.45, 2.75) is 20.0 Å². The van der Waals surface area contributed by atoms with Crippen molar-refractivity contribution in [2.75, 3.05) is 20.3 Å². The van der Waals surface area contributed by atoms with Gasteiger partial charge in [0, 0.05) is 32.1 Å². The standard InChI is InChI=1S/C21H24N2O2S/c1-17-6-3-7-18(14-17)15-22-10-4-8-19(22)16-23(11-12-25-2)21(24)20-9-5-13-26-20/h3-10,13-14H,11-12,15-16H2,1-2H3. The molecule has 0 N–H and O–H groups in total. The number of nitrogens with zero attached hydrogens (tertiary/aromatic N) is 2. The Bertz CT molecular complexity index is 839. The number of methoxy groups -OCH3 is 1. The Kier molecular flexibility index (Phi) is 6.26. The van der Waals surface area contributed by atoms with Crippen LogP contribution in [-0.2, 0) is 17.8 Å². The molecular formula is C21H24N2O2S. The first-order valence-electron chi connectivity index (χ1n) is 8.68. The summed E-state index contributed by atoms with van der Waals surface area (Å²) in [5, 5.41) is 1.93.